The number of phenolic OH excluding ortho intramolecular Hbond substituents is 2. The van der Waals surface area contributed by atoms with Crippen LogP contribution in [-0.2, 0) is 17.5 Å². The normalized spacial score (nSPS) is 11.3. The molecule has 2 aromatic carbocycles. The zero-order chi connectivity index (χ0) is 14.3. The fourth-order valence-corrected chi connectivity index (χ4v) is 1.76. The van der Waals surface area contributed by atoms with E-state index in [0.29, 0.717) is 4.90 Å². The first kappa shape index (κ1) is 15.2. The zero-order valence-corrected chi connectivity index (χ0v) is 11.3. The van der Waals surface area contributed by atoms with Crippen molar-refractivity contribution < 1.29 is 19.0 Å². The molecule has 0 spiro atoms. The maximum absolute atomic E-state index is 10.2. The summed E-state index contributed by atoms with van der Waals surface area (Å²) >= 11 is -2.08. The van der Waals surface area contributed by atoms with Crippen molar-refractivity contribution in [3.8, 4) is 11.5 Å². The minimum absolute atomic E-state index is 0.106. The summed E-state index contributed by atoms with van der Waals surface area (Å²) in [5.41, 5.74) is 0.859. The van der Waals surface area contributed by atoms with E-state index in [-0.39, 0.29) is 11.5 Å². The van der Waals surface area contributed by atoms with Crippen LogP contribution in [0.4, 0.5) is 0 Å². The average molecular weight is 279 g/mol. The molecular formula is C14H15O4S-. The second-order valence-electron chi connectivity index (χ2n) is 3.71. The predicted molar refractivity (Wildman–Crippen MR) is 72.8 cm³/mol. The maximum atomic E-state index is 10.2. The zero-order valence-electron chi connectivity index (χ0n) is 10.4. The first-order chi connectivity index (χ1) is 9.04. The molecule has 0 amide bonds. The molecule has 0 heterocycles. The number of hydrogen-bond donors (Lipinski definition) is 2. The van der Waals surface area contributed by atoms with E-state index in [9.17, 15) is 8.76 Å². The van der Waals surface area contributed by atoms with Crippen LogP contribution in [0.5, 0.6) is 11.5 Å². The fraction of sp³-hybridized carbons (Fsp3) is 0.143. The summed E-state index contributed by atoms with van der Waals surface area (Å²) in [6, 6.07) is 12.9. The van der Waals surface area contributed by atoms with Crippen molar-refractivity contribution in [2.45, 2.75) is 18.2 Å². The van der Waals surface area contributed by atoms with Gasteiger partial charge < -0.3 is 14.8 Å². The Hall–Kier alpha value is -1.85. The van der Waals surface area contributed by atoms with Crippen molar-refractivity contribution in [1.82, 2.24) is 0 Å². The van der Waals surface area contributed by atoms with Gasteiger partial charge in [0.1, 0.15) is 11.5 Å². The molecule has 0 bridgehead atoms. The molecule has 0 aliphatic rings. The van der Waals surface area contributed by atoms with Gasteiger partial charge in [-0.3, -0.25) is 4.21 Å². The summed E-state index contributed by atoms with van der Waals surface area (Å²) < 4.78 is 20.4. The molecule has 1 unspecified atom stereocenters. The Kier molecular flexibility index (Phi) is 6.05. The van der Waals surface area contributed by atoms with Gasteiger partial charge in [0, 0.05) is 11.0 Å². The van der Waals surface area contributed by atoms with E-state index in [4.69, 9.17) is 10.2 Å². The van der Waals surface area contributed by atoms with Gasteiger partial charge in [-0.15, -0.1) is 0 Å². The summed E-state index contributed by atoms with van der Waals surface area (Å²) in [4.78, 5) is 0.331. The van der Waals surface area contributed by atoms with Crippen LogP contribution < -0.4 is 0 Å². The molecule has 0 aromatic heterocycles. The van der Waals surface area contributed by atoms with Gasteiger partial charge in [-0.25, -0.2) is 0 Å². The van der Waals surface area contributed by atoms with E-state index in [1.165, 1.54) is 6.07 Å². The van der Waals surface area contributed by atoms with Crippen molar-refractivity contribution >= 4 is 11.1 Å². The van der Waals surface area contributed by atoms with Crippen LogP contribution >= 0.6 is 0 Å². The minimum atomic E-state index is -2.08. The van der Waals surface area contributed by atoms with E-state index in [1.807, 2.05) is 6.92 Å². The molecule has 19 heavy (non-hydrogen) atoms. The van der Waals surface area contributed by atoms with E-state index in [2.05, 4.69) is 0 Å². The monoisotopic (exact) mass is 279 g/mol. The van der Waals surface area contributed by atoms with Crippen LogP contribution in [0.15, 0.2) is 53.4 Å². The van der Waals surface area contributed by atoms with Gasteiger partial charge in [-0.05, 0) is 41.3 Å². The molecule has 2 rings (SSSR count). The Morgan fingerprint density at radius 1 is 1.11 bits per heavy atom. The highest BCUT2D eigenvalue weighted by molar-refractivity contribution is 7.79. The second kappa shape index (κ2) is 7.56. The lowest BCUT2D eigenvalue weighted by Crippen LogP contribution is -1.85. The van der Waals surface area contributed by atoms with Crippen LogP contribution in [0.25, 0.3) is 0 Å². The summed E-state index contributed by atoms with van der Waals surface area (Å²) in [6.45, 7) is 1.95. The topological polar surface area (TPSA) is 80.6 Å². The van der Waals surface area contributed by atoms with Gasteiger partial charge in [0.05, 0.1) is 0 Å². The van der Waals surface area contributed by atoms with Crippen molar-refractivity contribution in [2.75, 3.05) is 0 Å². The van der Waals surface area contributed by atoms with Crippen molar-refractivity contribution in [3.05, 3.63) is 54.1 Å². The summed E-state index contributed by atoms with van der Waals surface area (Å²) in [6.07, 6.45) is 0.784. The van der Waals surface area contributed by atoms with Crippen LogP contribution in [-0.4, -0.2) is 19.0 Å². The molecule has 2 aromatic rings. The van der Waals surface area contributed by atoms with Crippen LogP contribution in [0.1, 0.15) is 12.5 Å². The maximum Gasteiger partial charge on any atom is 0.122 e. The molecule has 1 atom stereocenters. The standard InChI is InChI=1S/C8H10O2.C6H6O2S/c1-2-6-3-4-7(9)5-8(6)10;7-9(8)6-4-2-1-3-5-6/h3-5,9-10H,2H2,1H3;1-5H,(H,7,8)/p-1. The third kappa shape index (κ3) is 5.11. The molecule has 0 radical (unpaired) electrons. The molecule has 2 N–H and O–H groups in total. The Labute approximate surface area is 114 Å². The SMILES string of the molecule is CCc1ccc(O)cc1O.O=S([O-])c1ccccc1. The molecule has 0 saturated carbocycles. The van der Waals surface area contributed by atoms with E-state index < -0.39 is 11.1 Å². The fourth-order valence-electron chi connectivity index (χ4n) is 1.38. The molecule has 0 aliphatic heterocycles. The lowest BCUT2D eigenvalue weighted by molar-refractivity contribution is 0.446. The number of aromatic hydroxyl groups is 2. The molecule has 5 heteroatoms. The summed E-state index contributed by atoms with van der Waals surface area (Å²) in [5.74, 6) is 0.275. The smallest absolute Gasteiger partial charge is 0.122 e. The van der Waals surface area contributed by atoms with Crippen LogP contribution in [0.3, 0.4) is 0 Å². The Morgan fingerprint density at radius 3 is 2.16 bits per heavy atom. The quantitative estimate of drug-likeness (QED) is 0.828. The van der Waals surface area contributed by atoms with Gasteiger partial charge in [-0.2, -0.15) is 0 Å². The molecule has 0 fully saturated rings. The van der Waals surface area contributed by atoms with E-state index in [0.717, 1.165) is 12.0 Å². The summed E-state index contributed by atoms with van der Waals surface area (Å²) in [5, 5.41) is 18.0. The number of benzene rings is 2. The van der Waals surface area contributed by atoms with Crippen LogP contribution in [0, 0.1) is 0 Å². The van der Waals surface area contributed by atoms with Gasteiger partial charge in [0.2, 0.25) is 0 Å². The lowest BCUT2D eigenvalue weighted by atomic mass is 10.1. The highest BCUT2D eigenvalue weighted by atomic mass is 32.2. The Balaban J connectivity index is 0.000000191. The molecular weight excluding hydrogens is 264 g/mol. The van der Waals surface area contributed by atoms with Gasteiger partial charge in [0.25, 0.3) is 0 Å². The molecule has 102 valence electrons. The first-order valence-corrected chi connectivity index (χ1v) is 6.77. The Bertz CT molecular complexity index is 540. The summed E-state index contributed by atoms with van der Waals surface area (Å²) in [7, 11) is 0. The highest BCUT2D eigenvalue weighted by Crippen LogP contribution is 2.22. The Morgan fingerprint density at radius 2 is 1.74 bits per heavy atom. The third-order valence-corrected chi connectivity index (χ3v) is 3.04. The minimum Gasteiger partial charge on any atom is -0.768 e. The predicted octanol–water partition coefficient (Wildman–Crippen LogP) is 2.58. The van der Waals surface area contributed by atoms with Crippen molar-refractivity contribution in [1.29, 1.82) is 0 Å². The molecule has 0 saturated heterocycles. The number of aryl methyl sites for hydroxylation is 1. The first-order valence-electron chi connectivity index (χ1n) is 5.69. The van der Waals surface area contributed by atoms with Crippen molar-refractivity contribution in [2.24, 2.45) is 0 Å². The van der Waals surface area contributed by atoms with Gasteiger partial charge in [-0.1, -0.05) is 31.2 Å². The third-order valence-electron chi connectivity index (χ3n) is 2.39. The largest absolute Gasteiger partial charge is 0.768 e. The highest BCUT2D eigenvalue weighted by Gasteiger charge is 1.97. The number of hydrogen-bond acceptors (Lipinski definition) is 4. The molecule has 0 aliphatic carbocycles. The number of rotatable bonds is 2. The van der Waals surface area contributed by atoms with Gasteiger partial charge >= 0.3 is 0 Å². The van der Waals surface area contributed by atoms with E-state index in [1.54, 1.807) is 42.5 Å². The second-order valence-corrected chi connectivity index (χ2v) is 4.66. The van der Waals surface area contributed by atoms with Gasteiger partial charge in [0.15, 0.2) is 0 Å². The average Bonchev–Trinajstić information content (AvgIpc) is 2.40. The van der Waals surface area contributed by atoms with Crippen LogP contribution in [0.2, 0.25) is 0 Å². The van der Waals surface area contributed by atoms with Crippen molar-refractivity contribution in [3.63, 3.8) is 0 Å². The van der Waals surface area contributed by atoms with E-state index >= 15 is 0 Å². The molecule has 4 nitrogen and oxygen atoms in total. The number of phenols is 2. The lowest BCUT2D eigenvalue weighted by Gasteiger charge is -2.01.